The van der Waals surface area contributed by atoms with E-state index in [0.29, 0.717) is 11.3 Å². The fourth-order valence-corrected chi connectivity index (χ4v) is 2.63. The Labute approximate surface area is 206 Å². The van der Waals surface area contributed by atoms with Crippen molar-refractivity contribution in [2.45, 2.75) is 20.2 Å². The summed E-state index contributed by atoms with van der Waals surface area (Å²) in [5.74, 6) is -0.0944. The Morgan fingerprint density at radius 1 is 1.11 bits per heavy atom. The van der Waals surface area contributed by atoms with Crippen molar-refractivity contribution in [1.29, 1.82) is 5.41 Å². The number of hydrogen-bond donors (Lipinski definition) is 3. The molecule has 0 saturated carbocycles. The molecule has 4 N–H and O–H groups in total. The molecule has 7 nitrogen and oxygen atoms in total. The summed E-state index contributed by atoms with van der Waals surface area (Å²) in [5.41, 5.74) is 9.75. The summed E-state index contributed by atoms with van der Waals surface area (Å²) in [4.78, 5) is 12.7. The molecule has 0 aliphatic heterocycles. The van der Waals surface area contributed by atoms with Gasteiger partial charge in [-0.05, 0) is 55.3 Å². The summed E-state index contributed by atoms with van der Waals surface area (Å²) < 4.78 is 39.9. The first-order chi connectivity index (χ1) is 16.6. The standard InChI is InChI=1S/C16H13F3N4O.C8H10N2S/c17-16(18,19)24-14-7-5-13(6-8-14)22-10-23-15(21)12-3-1-11(9-20)2-4-12;1-6-5-9-4-3-8(6)10-7(2)11/h1-10,20H,(H2,21,22,23);3-5H,1-2H3,(H,9,10,11). The van der Waals surface area contributed by atoms with Crippen LogP contribution in [0.25, 0.3) is 0 Å². The molecule has 0 spiro atoms. The summed E-state index contributed by atoms with van der Waals surface area (Å²) in [6.45, 7) is 3.85. The van der Waals surface area contributed by atoms with E-state index >= 15 is 0 Å². The van der Waals surface area contributed by atoms with Crippen LogP contribution < -0.4 is 15.8 Å². The smallest absolute Gasteiger partial charge is 0.406 e. The normalized spacial score (nSPS) is 11.4. The molecule has 0 atom stereocenters. The van der Waals surface area contributed by atoms with Gasteiger partial charge in [-0.25, -0.2) is 9.98 Å². The van der Waals surface area contributed by atoms with Crippen LogP contribution in [0.5, 0.6) is 5.75 Å². The molecule has 0 radical (unpaired) electrons. The first-order valence-electron chi connectivity index (χ1n) is 10.1. The first kappa shape index (κ1) is 27.1. The van der Waals surface area contributed by atoms with Gasteiger partial charge in [-0.2, -0.15) is 0 Å². The average molecular weight is 501 g/mol. The third-order valence-electron chi connectivity index (χ3n) is 4.18. The van der Waals surface area contributed by atoms with Crippen LogP contribution in [0.1, 0.15) is 23.6 Å². The van der Waals surface area contributed by atoms with Crippen LogP contribution in [0, 0.1) is 12.3 Å². The summed E-state index contributed by atoms with van der Waals surface area (Å²) >= 11 is 4.91. The minimum atomic E-state index is -4.73. The molecule has 0 bridgehead atoms. The van der Waals surface area contributed by atoms with Crippen molar-refractivity contribution in [3.8, 4) is 5.75 Å². The maximum Gasteiger partial charge on any atom is 0.573 e. The van der Waals surface area contributed by atoms with Gasteiger partial charge in [-0.15, -0.1) is 13.2 Å². The van der Waals surface area contributed by atoms with Crippen LogP contribution in [0.3, 0.4) is 0 Å². The molecule has 0 unspecified atom stereocenters. The molecular formula is C24H23F3N6OS. The van der Waals surface area contributed by atoms with Crippen LogP contribution in [0.4, 0.5) is 24.5 Å². The number of aliphatic imine (C=N–C) groups is 2. The minimum Gasteiger partial charge on any atom is -0.406 e. The number of nitrogens with one attached hydrogen (secondary N) is 2. The predicted molar refractivity (Wildman–Crippen MR) is 137 cm³/mol. The fraction of sp³-hybridized carbons (Fsp3) is 0.125. The lowest BCUT2D eigenvalue weighted by Gasteiger charge is -2.08. The Hall–Kier alpha value is -4.12. The lowest BCUT2D eigenvalue weighted by Crippen LogP contribution is -2.16. The monoisotopic (exact) mass is 500 g/mol. The fourth-order valence-electron chi connectivity index (χ4n) is 2.52. The number of benzene rings is 2. The number of thiocarbonyl (C=S) groups is 1. The van der Waals surface area contributed by atoms with Gasteiger partial charge in [0.1, 0.15) is 17.9 Å². The van der Waals surface area contributed by atoms with Crippen molar-refractivity contribution in [1.82, 2.24) is 4.98 Å². The molecule has 2 aromatic carbocycles. The molecule has 0 amide bonds. The zero-order chi connectivity index (χ0) is 25.8. The van der Waals surface area contributed by atoms with E-state index in [0.717, 1.165) is 33.9 Å². The maximum atomic E-state index is 12.0. The summed E-state index contributed by atoms with van der Waals surface area (Å²) in [7, 11) is 0. The van der Waals surface area contributed by atoms with Crippen LogP contribution in [-0.2, 0) is 0 Å². The number of alkyl halides is 3. The highest BCUT2D eigenvalue weighted by Crippen LogP contribution is 2.24. The van der Waals surface area contributed by atoms with E-state index in [-0.39, 0.29) is 11.6 Å². The van der Waals surface area contributed by atoms with E-state index in [1.807, 2.05) is 19.9 Å². The molecule has 182 valence electrons. The second-order valence-electron chi connectivity index (χ2n) is 6.94. The average Bonchev–Trinajstić information content (AvgIpc) is 2.81. The Balaban J connectivity index is 0.000000328. The number of rotatable bonds is 6. The lowest BCUT2D eigenvalue weighted by atomic mass is 10.1. The molecule has 1 aromatic heterocycles. The second kappa shape index (κ2) is 12.9. The van der Waals surface area contributed by atoms with E-state index < -0.39 is 6.36 Å². The highest BCUT2D eigenvalue weighted by molar-refractivity contribution is 7.80. The van der Waals surface area contributed by atoms with Crippen molar-refractivity contribution in [2.75, 3.05) is 5.32 Å². The summed E-state index contributed by atoms with van der Waals surface area (Å²) in [6.07, 6.45) is 1.25. The van der Waals surface area contributed by atoms with E-state index in [1.54, 1.807) is 36.7 Å². The van der Waals surface area contributed by atoms with Gasteiger partial charge in [0.25, 0.3) is 0 Å². The molecule has 0 saturated heterocycles. The van der Waals surface area contributed by atoms with Gasteiger partial charge in [0.2, 0.25) is 0 Å². The van der Waals surface area contributed by atoms with Gasteiger partial charge < -0.3 is 21.2 Å². The number of ether oxygens (including phenoxy) is 1. The van der Waals surface area contributed by atoms with E-state index in [1.165, 1.54) is 24.7 Å². The van der Waals surface area contributed by atoms with Crippen LogP contribution in [-0.4, -0.2) is 34.7 Å². The van der Waals surface area contributed by atoms with Gasteiger partial charge in [-0.3, -0.25) is 4.98 Å². The SMILES string of the molecule is CC(=S)Nc1ccncc1C.N=Cc1ccc(C(N)=NC=Nc2ccc(OC(F)(F)F)cc2)cc1. The van der Waals surface area contributed by atoms with Gasteiger partial charge in [-0.1, -0.05) is 36.5 Å². The largest absolute Gasteiger partial charge is 0.573 e. The molecule has 0 aliphatic carbocycles. The number of amidine groups is 1. The summed E-state index contributed by atoms with van der Waals surface area (Å²) in [5, 5.41) is 10.2. The molecule has 3 rings (SSSR count). The number of anilines is 1. The van der Waals surface area contributed by atoms with Gasteiger partial charge >= 0.3 is 6.36 Å². The third kappa shape index (κ3) is 10.1. The van der Waals surface area contributed by atoms with Crippen molar-refractivity contribution >= 4 is 47.0 Å². The number of aryl methyl sites for hydroxylation is 1. The number of nitrogens with two attached hydrogens (primary N) is 1. The highest BCUT2D eigenvalue weighted by Gasteiger charge is 2.30. The number of aromatic nitrogens is 1. The Kier molecular flexibility index (Phi) is 10.0. The molecule has 1 heterocycles. The maximum absolute atomic E-state index is 12.0. The van der Waals surface area contributed by atoms with E-state index in [4.69, 9.17) is 23.4 Å². The Bertz CT molecular complexity index is 1190. The van der Waals surface area contributed by atoms with E-state index in [2.05, 4.69) is 25.0 Å². The molecule has 11 heteroatoms. The lowest BCUT2D eigenvalue weighted by molar-refractivity contribution is -0.274. The quantitative estimate of drug-likeness (QED) is 0.225. The molecular weight excluding hydrogens is 477 g/mol. The van der Waals surface area contributed by atoms with Crippen molar-refractivity contribution in [3.05, 3.63) is 83.7 Å². The van der Waals surface area contributed by atoms with Crippen LogP contribution in [0.15, 0.2) is 77.0 Å². The van der Waals surface area contributed by atoms with Gasteiger partial charge in [0.15, 0.2) is 0 Å². The Morgan fingerprint density at radius 3 is 2.31 bits per heavy atom. The van der Waals surface area contributed by atoms with Crippen molar-refractivity contribution in [3.63, 3.8) is 0 Å². The third-order valence-corrected chi connectivity index (χ3v) is 4.28. The van der Waals surface area contributed by atoms with Crippen molar-refractivity contribution < 1.29 is 17.9 Å². The van der Waals surface area contributed by atoms with Gasteiger partial charge in [0.05, 0.1) is 10.7 Å². The minimum absolute atomic E-state index is 0.229. The van der Waals surface area contributed by atoms with Crippen LogP contribution >= 0.6 is 12.2 Å². The zero-order valence-electron chi connectivity index (χ0n) is 18.9. The molecule has 0 aliphatic rings. The number of nitrogens with zero attached hydrogens (tertiary/aromatic N) is 3. The summed E-state index contributed by atoms with van der Waals surface area (Å²) in [6, 6.07) is 13.8. The predicted octanol–water partition coefficient (Wildman–Crippen LogP) is 5.80. The second-order valence-corrected chi connectivity index (χ2v) is 7.55. The first-order valence-corrected chi connectivity index (χ1v) is 10.5. The topological polar surface area (TPSA) is 109 Å². The zero-order valence-corrected chi connectivity index (χ0v) is 19.7. The van der Waals surface area contributed by atoms with Crippen LogP contribution in [0.2, 0.25) is 0 Å². The van der Waals surface area contributed by atoms with E-state index in [9.17, 15) is 13.2 Å². The molecule has 3 aromatic rings. The Morgan fingerprint density at radius 2 is 1.77 bits per heavy atom. The van der Waals surface area contributed by atoms with Gasteiger partial charge in [0, 0.05) is 29.9 Å². The number of pyridine rings is 1. The molecule has 0 fully saturated rings. The molecule has 35 heavy (non-hydrogen) atoms. The highest BCUT2D eigenvalue weighted by atomic mass is 32.1. The number of halogens is 3. The number of hydrogen-bond acceptors (Lipinski definition) is 5. The van der Waals surface area contributed by atoms with Crippen molar-refractivity contribution in [2.24, 2.45) is 15.7 Å².